The topological polar surface area (TPSA) is 35.2 Å². The molecule has 0 spiro atoms. The molecule has 0 bridgehead atoms. The standard InChI is InChI=1S/C10H11F4NO.ClH/c1-6(15)7-2-4-8(5-3-7)16-10(13,14)9(11)12;/h2-6,9H,15H2,1H3;1H. The molecule has 1 rings (SSSR count). The number of halogens is 5. The second-order valence-corrected chi connectivity index (χ2v) is 3.32. The van der Waals surface area contributed by atoms with E-state index in [2.05, 4.69) is 4.74 Å². The van der Waals surface area contributed by atoms with Gasteiger partial charge in [-0.25, -0.2) is 0 Å². The van der Waals surface area contributed by atoms with Crippen molar-refractivity contribution in [1.29, 1.82) is 0 Å². The van der Waals surface area contributed by atoms with Gasteiger partial charge in [0.1, 0.15) is 5.75 Å². The van der Waals surface area contributed by atoms with Gasteiger partial charge >= 0.3 is 12.5 Å². The van der Waals surface area contributed by atoms with Gasteiger partial charge in [0.2, 0.25) is 0 Å². The Morgan fingerprint density at radius 2 is 1.65 bits per heavy atom. The van der Waals surface area contributed by atoms with Crippen LogP contribution in [0.2, 0.25) is 0 Å². The van der Waals surface area contributed by atoms with Gasteiger partial charge in [0, 0.05) is 6.04 Å². The van der Waals surface area contributed by atoms with E-state index in [4.69, 9.17) is 5.73 Å². The first kappa shape index (κ1) is 16.0. The summed E-state index contributed by atoms with van der Waals surface area (Å²) in [6.45, 7) is 1.71. The van der Waals surface area contributed by atoms with Gasteiger partial charge in [-0.2, -0.15) is 17.6 Å². The van der Waals surface area contributed by atoms with E-state index in [9.17, 15) is 17.6 Å². The Balaban J connectivity index is 0.00000256. The van der Waals surface area contributed by atoms with Crippen LogP contribution >= 0.6 is 12.4 Å². The van der Waals surface area contributed by atoms with Crippen molar-refractivity contribution in [1.82, 2.24) is 0 Å². The summed E-state index contributed by atoms with van der Waals surface area (Å²) >= 11 is 0. The summed E-state index contributed by atoms with van der Waals surface area (Å²) < 4.78 is 52.5. The first-order chi connectivity index (χ1) is 7.33. The fourth-order valence-corrected chi connectivity index (χ4v) is 1.04. The van der Waals surface area contributed by atoms with E-state index >= 15 is 0 Å². The molecule has 98 valence electrons. The Kier molecular flexibility index (Phi) is 5.71. The predicted molar refractivity (Wildman–Crippen MR) is 57.9 cm³/mol. The van der Waals surface area contributed by atoms with Gasteiger partial charge in [-0.3, -0.25) is 0 Å². The van der Waals surface area contributed by atoms with E-state index in [0.29, 0.717) is 5.56 Å². The molecule has 0 saturated heterocycles. The highest BCUT2D eigenvalue weighted by Gasteiger charge is 2.43. The molecule has 0 aromatic heterocycles. The summed E-state index contributed by atoms with van der Waals surface area (Å²) in [6, 6.07) is 4.98. The average Bonchev–Trinajstić information content (AvgIpc) is 2.17. The van der Waals surface area contributed by atoms with E-state index in [-0.39, 0.29) is 24.2 Å². The van der Waals surface area contributed by atoms with Gasteiger partial charge in [0.25, 0.3) is 0 Å². The van der Waals surface area contributed by atoms with Crippen molar-refractivity contribution in [2.75, 3.05) is 0 Å². The Labute approximate surface area is 102 Å². The minimum Gasteiger partial charge on any atom is -0.428 e. The van der Waals surface area contributed by atoms with Gasteiger partial charge in [0.05, 0.1) is 0 Å². The fourth-order valence-electron chi connectivity index (χ4n) is 1.04. The van der Waals surface area contributed by atoms with Crippen LogP contribution < -0.4 is 10.5 Å². The van der Waals surface area contributed by atoms with Crippen molar-refractivity contribution in [3.63, 3.8) is 0 Å². The van der Waals surface area contributed by atoms with E-state index in [1.165, 1.54) is 24.3 Å². The average molecular weight is 274 g/mol. The summed E-state index contributed by atoms with van der Waals surface area (Å²) in [7, 11) is 0. The number of benzene rings is 1. The Bertz CT molecular complexity index is 343. The van der Waals surface area contributed by atoms with E-state index < -0.39 is 12.5 Å². The lowest BCUT2D eigenvalue weighted by Crippen LogP contribution is -2.33. The normalized spacial score (nSPS) is 13.1. The molecule has 1 aromatic carbocycles. The summed E-state index contributed by atoms with van der Waals surface area (Å²) in [5, 5.41) is 0. The van der Waals surface area contributed by atoms with Crippen LogP contribution in [0.1, 0.15) is 18.5 Å². The third-order valence-corrected chi connectivity index (χ3v) is 1.91. The van der Waals surface area contributed by atoms with Crippen LogP contribution in [0.15, 0.2) is 24.3 Å². The van der Waals surface area contributed by atoms with Crippen LogP contribution in [-0.2, 0) is 0 Å². The van der Waals surface area contributed by atoms with Crippen LogP contribution in [0.25, 0.3) is 0 Å². The molecule has 17 heavy (non-hydrogen) atoms. The van der Waals surface area contributed by atoms with Crippen molar-refractivity contribution >= 4 is 12.4 Å². The lowest BCUT2D eigenvalue weighted by molar-refractivity contribution is -0.253. The van der Waals surface area contributed by atoms with E-state index in [1.807, 2.05) is 0 Å². The zero-order valence-electron chi connectivity index (χ0n) is 8.87. The van der Waals surface area contributed by atoms with Crippen molar-refractivity contribution in [3.05, 3.63) is 29.8 Å². The molecule has 0 fully saturated rings. The lowest BCUT2D eigenvalue weighted by atomic mass is 10.1. The minimum absolute atomic E-state index is 0. The van der Waals surface area contributed by atoms with Gasteiger partial charge in [-0.1, -0.05) is 12.1 Å². The van der Waals surface area contributed by atoms with E-state index in [0.717, 1.165) is 0 Å². The van der Waals surface area contributed by atoms with Gasteiger partial charge in [-0.15, -0.1) is 12.4 Å². The molecule has 0 radical (unpaired) electrons. The maximum absolute atomic E-state index is 12.5. The van der Waals surface area contributed by atoms with Crippen molar-refractivity contribution in [2.45, 2.75) is 25.5 Å². The fraction of sp³-hybridized carbons (Fsp3) is 0.400. The summed E-state index contributed by atoms with van der Waals surface area (Å²) in [5.74, 6) is -0.324. The smallest absolute Gasteiger partial charge is 0.428 e. The Hall–Kier alpha value is -1.01. The van der Waals surface area contributed by atoms with Crippen LogP contribution in [-0.4, -0.2) is 12.5 Å². The number of hydrogen-bond acceptors (Lipinski definition) is 2. The SMILES string of the molecule is CC(N)c1ccc(OC(F)(F)C(F)F)cc1.Cl. The summed E-state index contributed by atoms with van der Waals surface area (Å²) in [6.07, 6.45) is -8.34. The lowest BCUT2D eigenvalue weighted by Gasteiger charge is -2.17. The zero-order chi connectivity index (χ0) is 12.3. The third-order valence-electron chi connectivity index (χ3n) is 1.91. The van der Waals surface area contributed by atoms with E-state index in [1.54, 1.807) is 6.92 Å². The largest absolute Gasteiger partial charge is 0.461 e. The van der Waals surface area contributed by atoms with Gasteiger partial charge in [0.15, 0.2) is 0 Å². The molecule has 0 heterocycles. The number of hydrogen-bond donors (Lipinski definition) is 1. The maximum atomic E-state index is 12.5. The zero-order valence-corrected chi connectivity index (χ0v) is 9.69. The minimum atomic E-state index is -4.48. The first-order valence-electron chi connectivity index (χ1n) is 4.53. The van der Waals surface area contributed by atoms with Gasteiger partial charge in [-0.05, 0) is 24.6 Å². The van der Waals surface area contributed by atoms with Crippen molar-refractivity contribution < 1.29 is 22.3 Å². The highest BCUT2D eigenvalue weighted by molar-refractivity contribution is 5.85. The molecule has 0 aliphatic heterocycles. The van der Waals surface area contributed by atoms with Crippen LogP contribution in [0.3, 0.4) is 0 Å². The molecule has 2 nitrogen and oxygen atoms in total. The number of rotatable bonds is 4. The molecule has 0 aliphatic rings. The highest BCUT2D eigenvalue weighted by Crippen LogP contribution is 2.27. The van der Waals surface area contributed by atoms with Crippen LogP contribution in [0.5, 0.6) is 5.75 Å². The number of alkyl halides is 4. The summed E-state index contributed by atoms with van der Waals surface area (Å²) in [5.41, 5.74) is 6.23. The highest BCUT2D eigenvalue weighted by atomic mass is 35.5. The maximum Gasteiger partial charge on any atom is 0.461 e. The monoisotopic (exact) mass is 273 g/mol. The molecule has 0 aliphatic carbocycles. The predicted octanol–water partition coefficient (Wildman–Crippen LogP) is 3.36. The summed E-state index contributed by atoms with van der Waals surface area (Å²) in [4.78, 5) is 0. The molecule has 7 heteroatoms. The molecule has 1 unspecified atom stereocenters. The number of nitrogens with two attached hydrogens (primary N) is 1. The molecule has 2 N–H and O–H groups in total. The quantitative estimate of drug-likeness (QED) is 0.854. The van der Waals surface area contributed by atoms with Crippen molar-refractivity contribution in [2.24, 2.45) is 5.73 Å². The molecular weight excluding hydrogens is 262 g/mol. The van der Waals surface area contributed by atoms with Crippen LogP contribution in [0.4, 0.5) is 17.6 Å². The van der Waals surface area contributed by atoms with Crippen LogP contribution in [0, 0.1) is 0 Å². The number of ether oxygens (including phenoxy) is 1. The van der Waals surface area contributed by atoms with Crippen molar-refractivity contribution in [3.8, 4) is 5.75 Å². The molecule has 0 saturated carbocycles. The van der Waals surface area contributed by atoms with Gasteiger partial charge < -0.3 is 10.5 Å². The molecule has 1 aromatic rings. The molecular formula is C10H12ClF4NO. The second-order valence-electron chi connectivity index (χ2n) is 3.32. The Morgan fingerprint density at radius 3 is 2.00 bits per heavy atom. The Morgan fingerprint density at radius 1 is 1.18 bits per heavy atom. The third kappa shape index (κ3) is 4.40. The molecule has 1 atom stereocenters. The second kappa shape index (κ2) is 6.07. The first-order valence-corrected chi connectivity index (χ1v) is 4.53. The molecule has 0 amide bonds.